The first-order valence-corrected chi connectivity index (χ1v) is 9.47. The molecule has 0 fully saturated rings. The van der Waals surface area contributed by atoms with Gasteiger partial charge in [-0.05, 0) is 38.5 Å². The van der Waals surface area contributed by atoms with Crippen LogP contribution in [0.2, 0.25) is 0 Å². The van der Waals surface area contributed by atoms with E-state index < -0.39 is 11.9 Å². The standard InChI is InChI=1S/C18H23N3O5S/c1-4-24-16(22)14-11(3)15(17(23)25-5-2)21-13(14)10-27-18(19)20-9-12-7-6-8-26-12/h6-8,21H,4-5,9-10H2,1-3H3,(H2,19,20). The quantitative estimate of drug-likeness (QED) is 0.402. The van der Waals surface area contributed by atoms with Gasteiger partial charge in [0.1, 0.15) is 11.5 Å². The fourth-order valence-electron chi connectivity index (χ4n) is 2.40. The van der Waals surface area contributed by atoms with Gasteiger partial charge in [0.15, 0.2) is 5.17 Å². The van der Waals surface area contributed by atoms with E-state index >= 15 is 0 Å². The van der Waals surface area contributed by atoms with Crippen LogP contribution in [0.25, 0.3) is 0 Å². The molecule has 146 valence electrons. The number of nitrogens with two attached hydrogens (primary N) is 1. The summed E-state index contributed by atoms with van der Waals surface area (Å²) in [7, 11) is 0. The van der Waals surface area contributed by atoms with E-state index in [1.54, 1.807) is 39.2 Å². The first kappa shape index (κ1) is 20.6. The number of aromatic amines is 1. The van der Waals surface area contributed by atoms with Crippen molar-refractivity contribution in [1.82, 2.24) is 4.98 Å². The van der Waals surface area contributed by atoms with Gasteiger partial charge in [0, 0.05) is 11.4 Å². The fourth-order valence-corrected chi connectivity index (χ4v) is 3.07. The number of esters is 2. The molecule has 2 aromatic heterocycles. The van der Waals surface area contributed by atoms with E-state index in [9.17, 15) is 9.59 Å². The molecule has 2 rings (SSSR count). The van der Waals surface area contributed by atoms with Crippen LogP contribution in [0.3, 0.4) is 0 Å². The second-order valence-electron chi connectivity index (χ2n) is 5.44. The van der Waals surface area contributed by atoms with E-state index in [-0.39, 0.29) is 18.9 Å². The van der Waals surface area contributed by atoms with E-state index in [4.69, 9.17) is 19.6 Å². The first-order chi connectivity index (χ1) is 13.0. The Balaban J connectivity index is 2.18. The number of furan rings is 1. The molecule has 27 heavy (non-hydrogen) atoms. The number of aromatic nitrogens is 1. The third-order valence-corrected chi connectivity index (χ3v) is 4.48. The Bertz CT molecular complexity index is 811. The van der Waals surface area contributed by atoms with Crippen LogP contribution >= 0.6 is 11.8 Å². The van der Waals surface area contributed by atoms with Gasteiger partial charge in [0.05, 0.1) is 31.6 Å². The Morgan fingerprint density at radius 2 is 1.96 bits per heavy atom. The second-order valence-corrected chi connectivity index (χ2v) is 6.44. The predicted molar refractivity (Wildman–Crippen MR) is 103 cm³/mol. The number of hydrogen-bond acceptors (Lipinski definition) is 7. The van der Waals surface area contributed by atoms with Crippen LogP contribution in [-0.4, -0.2) is 35.3 Å². The van der Waals surface area contributed by atoms with Crippen molar-refractivity contribution in [3.63, 3.8) is 0 Å². The topological polar surface area (TPSA) is 120 Å². The zero-order valence-electron chi connectivity index (χ0n) is 15.5. The number of ether oxygens (including phenoxy) is 2. The Morgan fingerprint density at radius 3 is 2.59 bits per heavy atom. The Hall–Kier alpha value is -2.68. The molecule has 0 aliphatic carbocycles. The molecule has 0 unspecified atom stereocenters. The molecule has 0 saturated carbocycles. The number of carbonyl (C=O) groups excluding carboxylic acids is 2. The highest BCUT2D eigenvalue weighted by molar-refractivity contribution is 8.13. The Morgan fingerprint density at radius 1 is 1.26 bits per heavy atom. The van der Waals surface area contributed by atoms with E-state index in [1.807, 2.05) is 0 Å². The molecule has 0 radical (unpaired) electrons. The highest BCUT2D eigenvalue weighted by Crippen LogP contribution is 2.24. The van der Waals surface area contributed by atoms with Crippen LogP contribution in [0, 0.1) is 6.92 Å². The number of aliphatic imine (C=N–C) groups is 1. The number of H-pyrrole nitrogens is 1. The lowest BCUT2D eigenvalue weighted by molar-refractivity contribution is 0.0518. The molecule has 0 atom stereocenters. The Labute approximate surface area is 161 Å². The molecule has 3 N–H and O–H groups in total. The molecular formula is C18H23N3O5S. The number of rotatable bonds is 8. The molecule has 0 aromatic carbocycles. The molecule has 0 spiro atoms. The molecule has 0 saturated heterocycles. The SMILES string of the molecule is CCOC(=O)c1[nH]c(CSC(N)=NCc2ccco2)c(C(=O)OCC)c1C. The lowest BCUT2D eigenvalue weighted by Crippen LogP contribution is -2.10. The van der Waals surface area contributed by atoms with Crippen molar-refractivity contribution < 1.29 is 23.5 Å². The molecule has 0 amide bonds. The minimum absolute atomic E-state index is 0.234. The maximum atomic E-state index is 12.3. The maximum Gasteiger partial charge on any atom is 0.355 e. The van der Waals surface area contributed by atoms with Gasteiger partial charge in [0.2, 0.25) is 0 Å². The van der Waals surface area contributed by atoms with E-state index in [2.05, 4.69) is 9.98 Å². The van der Waals surface area contributed by atoms with Crippen molar-refractivity contribution in [3.8, 4) is 0 Å². The van der Waals surface area contributed by atoms with Crippen LogP contribution in [0.15, 0.2) is 27.8 Å². The van der Waals surface area contributed by atoms with E-state index in [0.717, 1.165) is 0 Å². The van der Waals surface area contributed by atoms with Crippen molar-refractivity contribution in [2.45, 2.75) is 33.1 Å². The van der Waals surface area contributed by atoms with Crippen LogP contribution < -0.4 is 5.73 Å². The minimum atomic E-state index is -0.517. The maximum absolute atomic E-state index is 12.3. The fraction of sp³-hybridized carbons (Fsp3) is 0.389. The molecule has 2 aromatic rings. The van der Waals surface area contributed by atoms with Gasteiger partial charge < -0.3 is 24.6 Å². The van der Waals surface area contributed by atoms with Gasteiger partial charge in [-0.25, -0.2) is 9.59 Å². The van der Waals surface area contributed by atoms with Crippen molar-refractivity contribution >= 4 is 28.9 Å². The predicted octanol–water partition coefficient (Wildman–Crippen LogP) is 3.02. The summed E-state index contributed by atoms with van der Waals surface area (Å²) in [6.07, 6.45) is 1.57. The summed E-state index contributed by atoms with van der Waals surface area (Å²) in [5.41, 5.74) is 7.52. The molecule has 0 bridgehead atoms. The number of nitrogens with zero attached hydrogens (tertiary/aromatic N) is 1. The second kappa shape index (κ2) is 9.86. The average Bonchev–Trinajstić information content (AvgIpc) is 3.26. The summed E-state index contributed by atoms with van der Waals surface area (Å²) in [6.45, 7) is 5.92. The van der Waals surface area contributed by atoms with Gasteiger partial charge in [-0.2, -0.15) is 0 Å². The van der Waals surface area contributed by atoms with Gasteiger partial charge in [-0.3, -0.25) is 4.99 Å². The largest absolute Gasteiger partial charge is 0.467 e. The van der Waals surface area contributed by atoms with E-state index in [1.165, 1.54) is 11.8 Å². The van der Waals surface area contributed by atoms with Crippen molar-refractivity contribution in [2.75, 3.05) is 13.2 Å². The summed E-state index contributed by atoms with van der Waals surface area (Å²) < 4.78 is 15.3. The normalized spacial score (nSPS) is 11.4. The number of nitrogens with one attached hydrogen (secondary N) is 1. The van der Waals surface area contributed by atoms with Crippen LogP contribution in [0.4, 0.5) is 0 Å². The lowest BCUT2D eigenvalue weighted by atomic mass is 10.1. The molecule has 0 aliphatic heterocycles. The summed E-state index contributed by atoms with van der Waals surface area (Å²) in [4.78, 5) is 31.6. The van der Waals surface area contributed by atoms with Crippen molar-refractivity contribution in [2.24, 2.45) is 10.7 Å². The summed E-state index contributed by atoms with van der Waals surface area (Å²) in [5, 5.41) is 0.339. The number of carbonyl (C=O) groups is 2. The molecular weight excluding hydrogens is 370 g/mol. The smallest absolute Gasteiger partial charge is 0.355 e. The number of hydrogen-bond donors (Lipinski definition) is 2. The first-order valence-electron chi connectivity index (χ1n) is 8.48. The van der Waals surface area contributed by atoms with Crippen molar-refractivity contribution in [3.05, 3.63) is 46.7 Å². The molecule has 9 heteroatoms. The molecule has 0 aliphatic rings. The monoisotopic (exact) mass is 393 g/mol. The molecule has 2 heterocycles. The Kier molecular flexibility index (Phi) is 7.54. The number of thioether (sulfide) groups is 1. The van der Waals surface area contributed by atoms with Crippen LogP contribution in [-0.2, 0) is 21.8 Å². The molecule has 8 nitrogen and oxygen atoms in total. The van der Waals surface area contributed by atoms with Crippen LogP contribution in [0.1, 0.15) is 51.7 Å². The van der Waals surface area contributed by atoms with Crippen LogP contribution in [0.5, 0.6) is 0 Å². The summed E-state index contributed by atoms with van der Waals surface area (Å²) >= 11 is 1.24. The van der Waals surface area contributed by atoms with Crippen molar-refractivity contribution in [1.29, 1.82) is 0 Å². The zero-order chi connectivity index (χ0) is 19.8. The third kappa shape index (κ3) is 5.40. The van der Waals surface area contributed by atoms with Gasteiger partial charge >= 0.3 is 11.9 Å². The summed E-state index contributed by atoms with van der Waals surface area (Å²) in [6, 6.07) is 3.58. The van der Waals surface area contributed by atoms with Gasteiger partial charge in [-0.1, -0.05) is 11.8 Å². The minimum Gasteiger partial charge on any atom is -0.467 e. The third-order valence-electron chi connectivity index (χ3n) is 3.62. The lowest BCUT2D eigenvalue weighted by Gasteiger charge is -2.05. The van der Waals surface area contributed by atoms with Gasteiger partial charge in [-0.15, -0.1) is 0 Å². The zero-order valence-corrected chi connectivity index (χ0v) is 16.4. The highest BCUT2D eigenvalue weighted by atomic mass is 32.2. The van der Waals surface area contributed by atoms with Gasteiger partial charge in [0.25, 0.3) is 0 Å². The highest BCUT2D eigenvalue weighted by Gasteiger charge is 2.25. The average molecular weight is 393 g/mol. The number of amidine groups is 1. The summed E-state index contributed by atoms with van der Waals surface area (Å²) in [5.74, 6) is 0.00726. The van der Waals surface area contributed by atoms with E-state index in [0.29, 0.717) is 40.0 Å².